The third-order valence-electron chi connectivity index (χ3n) is 2.09. The number of aromatic nitrogens is 1. The molecule has 0 radical (unpaired) electrons. The molecular weight excluding hydrogens is 262 g/mol. The summed E-state index contributed by atoms with van der Waals surface area (Å²) in [5, 5.41) is 10.5. The molecule has 0 aromatic carbocycles. The van der Waals surface area contributed by atoms with E-state index in [0.29, 0.717) is 6.07 Å². The van der Waals surface area contributed by atoms with Crippen molar-refractivity contribution in [3.05, 3.63) is 23.9 Å². The third kappa shape index (κ3) is 4.05. The lowest BCUT2D eigenvalue weighted by Gasteiger charge is -2.23. The van der Waals surface area contributed by atoms with E-state index < -0.39 is 29.2 Å². The first-order valence-electron chi connectivity index (χ1n) is 5.11. The molecule has 0 unspecified atom stereocenters. The van der Waals surface area contributed by atoms with Crippen LogP contribution in [0, 0.1) is 11.6 Å². The molecular formula is C10H12F2N4O3. The number of nitrogens with one attached hydrogen (secondary N) is 3. The van der Waals surface area contributed by atoms with Gasteiger partial charge in [0.2, 0.25) is 0 Å². The fourth-order valence-corrected chi connectivity index (χ4v) is 1.10. The van der Waals surface area contributed by atoms with E-state index in [1.54, 1.807) is 0 Å². The molecule has 104 valence electrons. The minimum absolute atomic E-state index is 0.388. The van der Waals surface area contributed by atoms with Crippen LogP contribution in [0.25, 0.3) is 0 Å². The first kappa shape index (κ1) is 14.6. The van der Waals surface area contributed by atoms with Gasteiger partial charge in [0, 0.05) is 6.07 Å². The zero-order valence-electron chi connectivity index (χ0n) is 10.1. The van der Waals surface area contributed by atoms with Crippen LogP contribution in [0.5, 0.6) is 0 Å². The fourth-order valence-electron chi connectivity index (χ4n) is 1.10. The number of hydrazine groups is 1. The number of anilines is 1. The van der Waals surface area contributed by atoms with Gasteiger partial charge in [-0.05, 0) is 13.8 Å². The Morgan fingerprint density at radius 3 is 2.53 bits per heavy atom. The van der Waals surface area contributed by atoms with E-state index in [4.69, 9.17) is 5.11 Å². The van der Waals surface area contributed by atoms with Crippen molar-refractivity contribution in [1.82, 2.24) is 15.7 Å². The number of nitrogens with zero attached hydrogens (tertiary/aromatic N) is 1. The molecule has 0 atom stereocenters. The summed E-state index contributed by atoms with van der Waals surface area (Å²) in [7, 11) is 0. The van der Waals surface area contributed by atoms with E-state index in [-0.39, 0.29) is 5.82 Å². The first-order chi connectivity index (χ1) is 8.72. The highest BCUT2D eigenvalue weighted by Crippen LogP contribution is 2.10. The Balaban J connectivity index is 2.66. The number of rotatable bonds is 4. The van der Waals surface area contributed by atoms with E-state index in [1.807, 2.05) is 5.32 Å². The van der Waals surface area contributed by atoms with Crippen molar-refractivity contribution >= 4 is 17.8 Å². The minimum atomic E-state index is -1.44. The molecule has 1 rings (SSSR count). The van der Waals surface area contributed by atoms with Crippen LogP contribution in [0.2, 0.25) is 0 Å². The van der Waals surface area contributed by atoms with Crippen LogP contribution < -0.4 is 16.2 Å². The van der Waals surface area contributed by atoms with Crippen molar-refractivity contribution in [2.24, 2.45) is 0 Å². The Labute approximate surface area is 107 Å². The van der Waals surface area contributed by atoms with Gasteiger partial charge in [-0.15, -0.1) is 0 Å². The Morgan fingerprint density at radius 2 is 2.00 bits per heavy atom. The third-order valence-corrected chi connectivity index (χ3v) is 2.09. The van der Waals surface area contributed by atoms with Crippen LogP contribution in [-0.2, 0) is 4.79 Å². The second-order valence-corrected chi connectivity index (χ2v) is 4.12. The monoisotopic (exact) mass is 274 g/mol. The minimum Gasteiger partial charge on any atom is -0.465 e. The van der Waals surface area contributed by atoms with Gasteiger partial charge in [0.05, 0.1) is 6.20 Å². The molecule has 0 fully saturated rings. The van der Waals surface area contributed by atoms with Crippen molar-refractivity contribution in [1.29, 1.82) is 0 Å². The maximum absolute atomic E-state index is 13.2. The lowest BCUT2D eigenvalue weighted by atomic mass is 10.1. The molecule has 7 nitrogen and oxygen atoms in total. The number of carbonyl (C=O) groups excluding carboxylic acids is 1. The summed E-state index contributed by atoms with van der Waals surface area (Å²) in [4.78, 5) is 25.5. The number of hydrogen-bond donors (Lipinski definition) is 4. The lowest BCUT2D eigenvalue weighted by molar-refractivity contribution is -0.125. The van der Waals surface area contributed by atoms with Crippen LogP contribution in [0.15, 0.2) is 12.3 Å². The summed E-state index contributed by atoms with van der Waals surface area (Å²) in [6.45, 7) is 2.62. The van der Waals surface area contributed by atoms with Crippen molar-refractivity contribution in [3.63, 3.8) is 0 Å². The van der Waals surface area contributed by atoms with Gasteiger partial charge in [-0.3, -0.25) is 15.6 Å². The Bertz CT molecular complexity index is 508. The number of carbonyl (C=O) groups is 2. The Morgan fingerprint density at radius 1 is 1.37 bits per heavy atom. The average Bonchev–Trinajstić information content (AvgIpc) is 2.25. The standard InChI is InChI=1S/C10H12F2N4O3/c1-10(2,14-9(18)19)8(17)16-15-7-6(12)3-5(11)4-13-7/h3-4,14H,1-2H3,(H,13,15)(H,16,17)(H,18,19). The smallest absolute Gasteiger partial charge is 0.405 e. The van der Waals surface area contributed by atoms with Gasteiger partial charge >= 0.3 is 6.09 Å². The highest BCUT2D eigenvalue weighted by Gasteiger charge is 2.29. The molecule has 1 aromatic heterocycles. The lowest BCUT2D eigenvalue weighted by Crippen LogP contribution is -2.55. The molecule has 9 heteroatoms. The molecule has 19 heavy (non-hydrogen) atoms. The zero-order chi connectivity index (χ0) is 14.6. The van der Waals surface area contributed by atoms with Crippen molar-refractivity contribution in [2.75, 3.05) is 5.43 Å². The predicted molar refractivity (Wildman–Crippen MR) is 61.2 cm³/mol. The van der Waals surface area contributed by atoms with Gasteiger partial charge < -0.3 is 10.4 Å². The average molecular weight is 274 g/mol. The van der Waals surface area contributed by atoms with Crippen molar-refractivity contribution in [2.45, 2.75) is 19.4 Å². The van der Waals surface area contributed by atoms with Gasteiger partial charge in [-0.2, -0.15) is 0 Å². The van der Waals surface area contributed by atoms with Gasteiger partial charge in [0.25, 0.3) is 5.91 Å². The van der Waals surface area contributed by atoms with E-state index in [2.05, 4.69) is 15.8 Å². The molecule has 0 aliphatic carbocycles. The van der Waals surface area contributed by atoms with Crippen LogP contribution in [0.3, 0.4) is 0 Å². The predicted octanol–water partition coefficient (Wildman–Crippen LogP) is 0.849. The maximum atomic E-state index is 13.2. The topological polar surface area (TPSA) is 103 Å². The molecule has 0 aliphatic rings. The summed E-state index contributed by atoms with van der Waals surface area (Å²) in [6.07, 6.45) is -0.621. The molecule has 0 saturated carbocycles. The SMILES string of the molecule is CC(C)(NC(=O)O)C(=O)NNc1ncc(F)cc1F. The number of pyridine rings is 1. The molecule has 1 heterocycles. The normalized spacial score (nSPS) is 10.7. The second kappa shape index (κ2) is 5.46. The van der Waals surface area contributed by atoms with Crippen LogP contribution in [-0.4, -0.2) is 27.6 Å². The Hall–Kier alpha value is -2.45. The number of halogens is 2. The molecule has 0 aliphatic heterocycles. The maximum Gasteiger partial charge on any atom is 0.405 e. The zero-order valence-corrected chi connectivity index (χ0v) is 10.1. The van der Waals surface area contributed by atoms with Crippen LogP contribution in [0.1, 0.15) is 13.8 Å². The van der Waals surface area contributed by atoms with Crippen LogP contribution >= 0.6 is 0 Å². The van der Waals surface area contributed by atoms with Gasteiger partial charge in [-0.25, -0.2) is 18.6 Å². The Kier molecular flexibility index (Phi) is 4.20. The summed E-state index contributed by atoms with van der Waals surface area (Å²) < 4.78 is 25.8. The molecule has 4 N–H and O–H groups in total. The largest absolute Gasteiger partial charge is 0.465 e. The van der Waals surface area contributed by atoms with E-state index in [9.17, 15) is 18.4 Å². The van der Waals surface area contributed by atoms with E-state index in [1.165, 1.54) is 13.8 Å². The van der Waals surface area contributed by atoms with Crippen molar-refractivity contribution < 1.29 is 23.5 Å². The molecule has 2 amide bonds. The summed E-state index contributed by atoms with van der Waals surface area (Å²) in [6, 6.07) is 0.585. The first-order valence-corrected chi connectivity index (χ1v) is 5.11. The number of amides is 2. The fraction of sp³-hybridized carbons (Fsp3) is 0.300. The van der Waals surface area contributed by atoms with Crippen LogP contribution in [0.4, 0.5) is 19.4 Å². The quantitative estimate of drug-likeness (QED) is 0.609. The highest BCUT2D eigenvalue weighted by molar-refractivity contribution is 5.89. The summed E-state index contributed by atoms with van der Waals surface area (Å²) in [5.74, 6) is -3.01. The molecule has 0 bridgehead atoms. The molecule has 1 aromatic rings. The van der Waals surface area contributed by atoms with Gasteiger partial charge in [0.15, 0.2) is 11.6 Å². The van der Waals surface area contributed by atoms with Gasteiger partial charge in [-0.1, -0.05) is 0 Å². The van der Waals surface area contributed by atoms with E-state index >= 15 is 0 Å². The van der Waals surface area contributed by atoms with Crippen molar-refractivity contribution in [3.8, 4) is 0 Å². The summed E-state index contributed by atoms with van der Waals surface area (Å²) in [5.41, 5.74) is 2.76. The summed E-state index contributed by atoms with van der Waals surface area (Å²) >= 11 is 0. The molecule has 0 spiro atoms. The molecule has 0 saturated heterocycles. The highest BCUT2D eigenvalue weighted by atomic mass is 19.1. The van der Waals surface area contributed by atoms with E-state index in [0.717, 1.165) is 6.20 Å². The second-order valence-electron chi connectivity index (χ2n) is 4.12. The number of carboxylic acid groups (broad SMARTS) is 1. The number of hydrogen-bond acceptors (Lipinski definition) is 4. The van der Waals surface area contributed by atoms with Gasteiger partial charge in [0.1, 0.15) is 11.4 Å².